The zero-order valence-corrected chi connectivity index (χ0v) is 12.6. The van der Waals surface area contributed by atoms with E-state index in [0.717, 1.165) is 25.9 Å². The van der Waals surface area contributed by atoms with Crippen molar-refractivity contribution in [3.05, 3.63) is 41.7 Å². The van der Waals surface area contributed by atoms with Gasteiger partial charge in [0, 0.05) is 6.54 Å². The van der Waals surface area contributed by atoms with E-state index in [2.05, 4.69) is 37.8 Å². The number of hydrogen-bond donors (Lipinski definition) is 1. The van der Waals surface area contributed by atoms with Gasteiger partial charge < -0.3 is 5.32 Å². The molecule has 1 aliphatic heterocycles. The van der Waals surface area contributed by atoms with Gasteiger partial charge in [0.2, 0.25) is 5.91 Å². The molecule has 1 aromatic carbocycles. The molecule has 2 aromatic rings. The lowest BCUT2D eigenvalue weighted by molar-refractivity contribution is -0.125. The highest BCUT2D eigenvalue weighted by Gasteiger charge is 2.30. The molecule has 0 spiro atoms. The van der Waals surface area contributed by atoms with E-state index in [1.165, 1.54) is 10.4 Å². The van der Waals surface area contributed by atoms with Gasteiger partial charge in [-0.1, -0.05) is 30.3 Å². The summed E-state index contributed by atoms with van der Waals surface area (Å²) in [6, 6.07) is 10.2. The smallest absolute Gasteiger partial charge is 0.237 e. The van der Waals surface area contributed by atoms with Crippen LogP contribution in [-0.2, 0) is 24.9 Å². The number of carbonyl (C=O) groups is 1. The number of aromatic nitrogens is 4. The number of likely N-dealkylation sites (tertiary alicyclic amines) is 1. The molecule has 1 N–H and O–H groups in total. The number of benzene rings is 1. The average molecular weight is 300 g/mol. The Morgan fingerprint density at radius 2 is 2.18 bits per heavy atom. The van der Waals surface area contributed by atoms with E-state index in [0.29, 0.717) is 12.4 Å². The molecule has 2 heterocycles. The van der Waals surface area contributed by atoms with Gasteiger partial charge in [-0.2, -0.15) is 4.80 Å². The van der Waals surface area contributed by atoms with Crippen molar-refractivity contribution in [2.24, 2.45) is 7.05 Å². The maximum Gasteiger partial charge on any atom is 0.237 e. The zero-order valence-electron chi connectivity index (χ0n) is 12.6. The number of tetrazole rings is 1. The highest BCUT2D eigenvalue weighted by molar-refractivity contribution is 5.81. The molecule has 1 fully saturated rings. The molecular formula is C15H20N6O. The Morgan fingerprint density at radius 1 is 1.36 bits per heavy atom. The minimum atomic E-state index is -0.0723. The third-order valence-corrected chi connectivity index (χ3v) is 3.87. The first-order chi connectivity index (χ1) is 10.7. The minimum absolute atomic E-state index is 0.0425. The van der Waals surface area contributed by atoms with Crippen molar-refractivity contribution in [2.45, 2.75) is 32.0 Å². The lowest BCUT2D eigenvalue weighted by Gasteiger charge is -2.23. The summed E-state index contributed by atoms with van der Waals surface area (Å²) in [6.45, 7) is 2.08. The van der Waals surface area contributed by atoms with Crippen LogP contribution in [0, 0.1) is 0 Å². The summed E-state index contributed by atoms with van der Waals surface area (Å²) in [6.07, 6.45) is 1.95. The van der Waals surface area contributed by atoms with E-state index in [1.807, 2.05) is 18.2 Å². The predicted octanol–water partition coefficient (Wildman–Crippen LogP) is 0.491. The van der Waals surface area contributed by atoms with Crippen LogP contribution < -0.4 is 5.32 Å². The number of aryl methyl sites for hydroxylation is 1. The van der Waals surface area contributed by atoms with Crippen LogP contribution in [0.4, 0.5) is 0 Å². The van der Waals surface area contributed by atoms with E-state index >= 15 is 0 Å². The van der Waals surface area contributed by atoms with Gasteiger partial charge in [-0.05, 0) is 30.2 Å². The molecule has 1 saturated heterocycles. The van der Waals surface area contributed by atoms with Gasteiger partial charge in [0.15, 0.2) is 5.82 Å². The fourth-order valence-electron chi connectivity index (χ4n) is 2.81. The van der Waals surface area contributed by atoms with Gasteiger partial charge in [-0.25, -0.2) is 0 Å². The predicted molar refractivity (Wildman–Crippen MR) is 80.5 cm³/mol. The second kappa shape index (κ2) is 6.65. The second-order valence-electron chi connectivity index (χ2n) is 5.53. The number of rotatable bonds is 5. The van der Waals surface area contributed by atoms with Gasteiger partial charge in [0.1, 0.15) is 0 Å². The Kier molecular flexibility index (Phi) is 4.43. The summed E-state index contributed by atoms with van der Waals surface area (Å²) in [5, 5.41) is 14.6. The Bertz CT molecular complexity index is 626. The summed E-state index contributed by atoms with van der Waals surface area (Å²) in [7, 11) is 1.71. The highest BCUT2D eigenvalue weighted by Crippen LogP contribution is 2.20. The molecule has 7 heteroatoms. The Balaban J connectivity index is 1.56. The third kappa shape index (κ3) is 3.48. The zero-order chi connectivity index (χ0) is 15.4. The van der Waals surface area contributed by atoms with E-state index in [1.54, 1.807) is 7.05 Å². The van der Waals surface area contributed by atoms with E-state index in [-0.39, 0.29) is 11.9 Å². The molecular weight excluding hydrogens is 280 g/mol. The molecule has 7 nitrogen and oxygen atoms in total. The van der Waals surface area contributed by atoms with Crippen molar-refractivity contribution < 1.29 is 4.79 Å². The fourth-order valence-corrected chi connectivity index (χ4v) is 2.81. The maximum absolute atomic E-state index is 12.4. The first-order valence-corrected chi connectivity index (χ1v) is 7.51. The Morgan fingerprint density at radius 3 is 2.91 bits per heavy atom. The normalized spacial score (nSPS) is 18.5. The van der Waals surface area contributed by atoms with Crippen molar-refractivity contribution in [1.82, 2.24) is 30.4 Å². The second-order valence-corrected chi connectivity index (χ2v) is 5.53. The molecule has 1 atom stereocenters. The van der Waals surface area contributed by atoms with Crippen LogP contribution >= 0.6 is 0 Å². The summed E-state index contributed by atoms with van der Waals surface area (Å²) < 4.78 is 0. The number of nitrogens with one attached hydrogen (secondary N) is 1. The van der Waals surface area contributed by atoms with Crippen molar-refractivity contribution in [3.8, 4) is 0 Å². The van der Waals surface area contributed by atoms with E-state index in [4.69, 9.17) is 0 Å². The number of amides is 1. The van der Waals surface area contributed by atoms with Gasteiger partial charge in [-0.15, -0.1) is 10.2 Å². The summed E-state index contributed by atoms with van der Waals surface area (Å²) in [4.78, 5) is 16.0. The molecule has 1 amide bonds. The van der Waals surface area contributed by atoms with Crippen LogP contribution in [0.5, 0.6) is 0 Å². The first kappa shape index (κ1) is 14.6. The Labute approximate surface area is 129 Å². The van der Waals surface area contributed by atoms with Crippen molar-refractivity contribution >= 4 is 5.91 Å². The molecule has 0 radical (unpaired) electrons. The molecule has 22 heavy (non-hydrogen) atoms. The number of nitrogens with zero attached hydrogens (tertiary/aromatic N) is 5. The summed E-state index contributed by atoms with van der Waals surface area (Å²) >= 11 is 0. The molecule has 0 aliphatic carbocycles. The standard InChI is InChI=1S/C15H20N6O/c1-20-18-14(17-19-20)10-16-15(22)13-8-5-9-21(13)11-12-6-3-2-4-7-12/h2-4,6-7,13H,5,8-11H2,1H3,(H,16,22)/t13-/m1/s1. The van der Waals surface area contributed by atoms with Crippen LogP contribution in [0.3, 0.4) is 0 Å². The highest BCUT2D eigenvalue weighted by atomic mass is 16.2. The maximum atomic E-state index is 12.4. The van der Waals surface area contributed by atoms with Crippen LogP contribution in [-0.4, -0.2) is 43.6 Å². The average Bonchev–Trinajstić information content (AvgIpc) is 3.15. The van der Waals surface area contributed by atoms with Gasteiger partial charge in [0.05, 0.1) is 19.6 Å². The van der Waals surface area contributed by atoms with Crippen LogP contribution in [0.2, 0.25) is 0 Å². The third-order valence-electron chi connectivity index (χ3n) is 3.87. The van der Waals surface area contributed by atoms with E-state index in [9.17, 15) is 4.79 Å². The number of hydrogen-bond acceptors (Lipinski definition) is 5. The summed E-state index contributed by atoms with van der Waals surface area (Å²) in [5.74, 6) is 0.573. The lowest BCUT2D eigenvalue weighted by atomic mass is 10.1. The largest absolute Gasteiger partial charge is 0.347 e. The van der Waals surface area contributed by atoms with E-state index < -0.39 is 0 Å². The van der Waals surface area contributed by atoms with Crippen LogP contribution in [0.25, 0.3) is 0 Å². The topological polar surface area (TPSA) is 75.9 Å². The van der Waals surface area contributed by atoms with Crippen molar-refractivity contribution in [2.75, 3.05) is 6.54 Å². The molecule has 0 bridgehead atoms. The lowest BCUT2D eigenvalue weighted by Crippen LogP contribution is -2.42. The SMILES string of the molecule is Cn1nnc(CNC(=O)[C@H]2CCCN2Cc2ccccc2)n1. The van der Waals surface area contributed by atoms with Gasteiger partial charge >= 0.3 is 0 Å². The molecule has 0 unspecified atom stereocenters. The molecule has 0 saturated carbocycles. The molecule has 1 aromatic heterocycles. The van der Waals surface area contributed by atoms with Crippen molar-refractivity contribution in [1.29, 1.82) is 0 Å². The Hall–Kier alpha value is -2.28. The van der Waals surface area contributed by atoms with Crippen molar-refractivity contribution in [3.63, 3.8) is 0 Å². The fraction of sp³-hybridized carbons (Fsp3) is 0.467. The van der Waals surface area contributed by atoms with Crippen LogP contribution in [0.15, 0.2) is 30.3 Å². The molecule has 3 rings (SSSR count). The van der Waals surface area contributed by atoms with Gasteiger partial charge in [0.25, 0.3) is 0 Å². The quantitative estimate of drug-likeness (QED) is 0.870. The first-order valence-electron chi connectivity index (χ1n) is 7.51. The minimum Gasteiger partial charge on any atom is -0.347 e. The molecule has 1 aliphatic rings. The summed E-state index contributed by atoms with van der Waals surface area (Å²) in [5.41, 5.74) is 1.23. The van der Waals surface area contributed by atoms with Crippen LogP contribution in [0.1, 0.15) is 24.2 Å². The van der Waals surface area contributed by atoms with Gasteiger partial charge in [-0.3, -0.25) is 9.69 Å². The monoisotopic (exact) mass is 300 g/mol. The number of carbonyl (C=O) groups excluding carboxylic acids is 1. The molecule has 116 valence electrons.